The van der Waals surface area contributed by atoms with Crippen LogP contribution in [0.2, 0.25) is 0 Å². The number of hydrogen-bond acceptors (Lipinski definition) is 4. The van der Waals surface area contributed by atoms with Gasteiger partial charge < -0.3 is 15.2 Å². The summed E-state index contributed by atoms with van der Waals surface area (Å²) in [6.45, 7) is 1.31. The molecular weight excluding hydrogens is 250 g/mol. The Morgan fingerprint density at radius 2 is 2.44 bits per heavy atom. The first-order valence-corrected chi connectivity index (χ1v) is 6.61. The molecule has 0 radical (unpaired) electrons. The van der Waals surface area contributed by atoms with Crippen LogP contribution in [0.4, 0.5) is 0 Å². The summed E-state index contributed by atoms with van der Waals surface area (Å²) in [5, 5.41) is 13.2. The Bertz CT molecular complexity index is 431. The molecule has 0 unspecified atom stereocenters. The van der Waals surface area contributed by atoms with Gasteiger partial charge in [0, 0.05) is 32.1 Å². The highest BCUT2D eigenvalue weighted by molar-refractivity contribution is 7.10. The molecule has 98 valence electrons. The summed E-state index contributed by atoms with van der Waals surface area (Å²) in [5.74, 6) is 5.65. The van der Waals surface area contributed by atoms with Crippen LogP contribution in [0.25, 0.3) is 0 Å². The van der Waals surface area contributed by atoms with Gasteiger partial charge in [-0.15, -0.1) is 11.3 Å². The average Bonchev–Trinajstić information content (AvgIpc) is 2.84. The number of amides is 1. The molecule has 0 spiro atoms. The quantitative estimate of drug-likeness (QED) is 0.602. The van der Waals surface area contributed by atoms with Crippen LogP contribution >= 0.6 is 11.3 Å². The summed E-state index contributed by atoms with van der Waals surface area (Å²) in [4.78, 5) is 12.6. The lowest BCUT2D eigenvalue weighted by Crippen LogP contribution is -2.24. The number of carbonyl (C=O) groups is 1. The van der Waals surface area contributed by atoms with Gasteiger partial charge in [-0.3, -0.25) is 4.79 Å². The van der Waals surface area contributed by atoms with E-state index in [1.165, 1.54) is 11.3 Å². The minimum absolute atomic E-state index is 0.0607. The lowest BCUT2D eigenvalue weighted by Gasteiger charge is -2.02. The van der Waals surface area contributed by atoms with Crippen LogP contribution in [-0.4, -0.2) is 37.9 Å². The highest BCUT2D eigenvalue weighted by atomic mass is 32.1. The summed E-state index contributed by atoms with van der Waals surface area (Å²) in [7, 11) is 1.64. The second kappa shape index (κ2) is 8.70. The van der Waals surface area contributed by atoms with E-state index in [-0.39, 0.29) is 12.5 Å². The number of aliphatic hydroxyl groups excluding tert-OH is 1. The Morgan fingerprint density at radius 3 is 3.17 bits per heavy atom. The molecule has 0 aliphatic rings. The molecule has 1 heterocycles. The molecule has 0 aliphatic heterocycles. The molecule has 1 rings (SSSR count). The minimum atomic E-state index is -0.0856. The van der Waals surface area contributed by atoms with Crippen LogP contribution in [-0.2, 0) is 4.74 Å². The second-order valence-electron chi connectivity index (χ2n) is 3.58. The summed E-state index contributed by atoms with van der Waals surface area (Å²) in [6.07, 6.45) is 1.26. The molecular formula is C13H17NO3S. The normalized spacial score (nSPS) is 9.67. The molecule has 1 aromatic rings. The van der Waals surface area contributed by atoms with Crippen LogP contribution in [0.1, 0.15) is 28.1 Å². The van der Waals surface area contributed by atoms with Crippen LogP contribution in [0.3, 0.4) is 0 Å². The highest BCUT2D eigenvalue weighted by Crippen LogP contribution is 2.13. The van der Waals surface area contributed by atoms with Gasteiger partial charge in [-0.05, 0) is 12.5 Å². The first-order valence-electron chi connectivity index (χ1n) is 5.73. The molecule has 2 N–H and O–H groups in total. The predicted molar refractivity (Wildman–Crippen MR) is 71.7 cm³/mol. The van der Waals surface area contributed by atoms with Crippen molar-refractivity contribution in [1.82, 2.24) is 5.32 Å². The first-order chi connectivity index (χ1) is 8.77. The second-order valence-corrected chi connectivity index (χ2v) is 4.49. The Labute approximate surface area is 111 Å². The molecule has 18 heavy (non-hydrogen) atoms. The Morgan fingerprint density at radius 1 is 1.61 bits per heavy atom. The molecule has 5 heteroatoms. The number of rotatable bonds is 6. The number of thiophene rings is 1. The zero-order valence-corrected chi connectivity index (χ0v) is 11.2. The molecule has 0 aliphatic carbocycles. The third kappa shape index (κ3) is 5.32. The topological polar surface area (TPSA) is 58.6 Å². The van der Waals surface area contributed by atoms with E-state index in [2.05, 4.69) is 17.2 Å². The lowest BCUT2D eigenvalue weighted by atomic mass is 10.3. The molecule has 0 bridgehead atoms. The molecule has 1 amide bonds. The highest BCUT2D eigenvalue weighted by Gasteiger charge is 2.06. The molecule has 0 atom stereocenters. The lowest BCUT2D eigenvalue weighted by molar-refractivity contribution is 0.0949. The van der Waals surface area contributed by atoms with Crippen LogP contribution in [0.15, 0.2) is 11.4 Å². The maximum absolute atomic E-state index is 11.7. The fraction of sp³-hybridized carbons (Fsp3) is 0.462. The summed E-state index contributed by atoms with van der Waals surface area (Å²) < 4.78 is 4.90. The Kier molecular flexibility index (Phi) is 7.11. The van der Waals surface area contributed by atoms with Crippen LogP contribution in [0, 0.1) is 11.8 Å². The molecule has 0 saturated carbocycles. The third-order valence-electron chi connectivity index (χ3n) is 2.12. The summed E-state index contributed by atoms with van der Waals surface area (Å²) in [6, 6.07) is 1.76. The van der Waals surface area contributed by atoms with E-state index in [0.717, 1.165) is 11.3 Å². The monoisotopic (exact) mass is 267 g/mol. The number of nitrogens with one attached hydrogen (secondary N) is 1. The van der Waals surface area contributed by atoms with Crippen molar-refractivity contribution in [3.63, 3.8) is 0 Å². The maximum atomic E-state index is 11.7. The van der Waals surface area contributed by atoms with Crippen LogP contribution in [0.5, 0.6) is 0 Å². The average molecular weight is 267 g/mol. The van der Waals surface area contributed by atoms with Gasteiger partial charge in [0.15, 0.2) is 0 Å². The van der Waals surface area contributed by atoms with Gasteiger partial charge in [0.05, 0.1) is 17.0 Å². The third-order valence-corrected chi connectivity index (χ3v) is 2.97. The van der Waals surface area contributed by atoms with Crippen molar-refractivity contribution in [3.05, 3.63) is 21.9 Å². The van der Waals surface area contributed by atoms with Crippen molar-refractivity contribution in [2.75, 3.05) is 26.9 Å². The largest absolute Gasteiger partial charge is 0.395 e. The number of carbonyl (C=O) groups excluding carboxylic acids is 1. The van der Waals surface area contributed by atoms with E-state index < -0.39 is 0 Å². The smallest absolute Gasteiger partial charge is 0.252 e. The van der Waals surface area contributed by atoms with E-state index in [1.807, 2.05) is 0 Å². The number of ether oxygens (including phenoxy) is 1. The van der Waals surface area contributed by atoms with E-state index in [1.54, 1.807) is 18.6 Å². The standard InChI is InChI=1S/C13H17NO3S/c1-17-8-4-6-14-13(16)11-9-12(18-10-11)5-2-3-7-15/h9-10,15H,3-4,6-8H2,1H3,(H,14,16). The molecule has 0 saturated heterocycles. The summed E-state index contributed by atoms with van der Waals surface area (Å²) >= 11 is 1.43. The van der Waals surface area contributed by atoms with Crippen molar-refractivity contribution in [1.29, 1.82) is 0 Å². The Hall–Kier alpha value is -1.35. The van der Waals surface area contributed by atoms with Gasteiger partial charge in [-0.25, -0.2) is 0 Å². The van der Waals surface area contributed by atoms with Gasteiger partial charge >= 0.3 is 0 Å². The van der Waals surface area contributed by atoms with Crippen molar-refractivity contribution in [3.8, 4) is 11.8 Å². The maximum Gasteiger partial charge on any atom is 0.252 e. The summed E-state index contributed by atoms with van der Waals surface area (Å²) in [5.41, 5.74) is 0.630. The molecule has 1 aromatic heterocycles. The van der Waals surface area contributed by atoms with E-state index in [4.69, 9.17) is 9.84 Å². The fourth-order valence-corrected chi connectivity index (χ4v) is 2.00. The fourth-order valence-electron chi connectivity index (χ4n) is 1.25. The zero-order chi connectivity index (χ0) is 13.2. The zero-order valence-electron chi connectivity index (χ0n) is 10.4. The number of hydrogen-bond donors (Lipinski definition) is 2. The Balaban J connectivity index is 2.42. The van der Waals surface area contributed by atoms with Crippen molar-refractivity contribution >= 4 is 17.2 Å². The minimum Gasteiger partial charge on any atom is -0.395 e. The predicted octanol–water partition coefficient (Wildman–Crippen LogP) is 1.25. The van der Waals surface area contributed by atoms with Gasteiger partial charge in [-0.2, -0.15) is 0 Å². The van der Waals surface area contributed by atoms with Gasteiger partial charge in [-0.1, -0.05) is 11.8 Å². The number of aliphatic hydroxyl groups is 1. The SMILES string of the molecule is COCCCNC(=O)c1csc(C#CCCO)c1. The van der Waals surface area contributed by atoms with E-state index in [0.29, 0.717) is 25.1 Å². The van der Waals surface area contributed by atoms with Crippen molar-refractivity contribution in [2.45, 2.75) is 12.8 Å². The molecule has 0 fully saturated rings. The van der Waals surface area contributed by atoms with Crippen LogP contribution < -0.4 is 5.32 Å². The van der Waals surface area contributed by atoms with E-state index >= 15 is 0 Å². The molecule has 4 nitrogen and oxygen atoms in total. The first kappa shape index (κ1) is 14.7. The van der Waals surface area contributed by atoms with Gasteiger partial charge in [0.1, 0.15) is 0 Å². The molecule has 0 aromatic carbocycles. The number of methoxy groups -OCH3 is 1. The van der Waals surface area contributed by atoms with Crippen molar-refractivity contribution in [2.24, 2.45) is 0 Å². The van der Waals surface area contributed by atoms with Crippen molar-refractivity contribution < 1.29 is 14.6 Å². The van der Waals surface area contributed by atoms with Gasteiger partial charge in [0.25, 0.3) is 5.91 Å². The van der Waals surface area contributed by atoms with Gasteiger partial charge in [0.2, 0.25) is 0 Å². The van der Waals surface area contributed by atoms with E-state index in [9.17, 15) is 4.79 Å².